The van der Waals surface area contributed by atoms with Crippen LogP contribution in [0.25, 0.3) is 0 Å². The lowest BCUT2D eigenvalue weighted by atomic mass is 10.1. The largest absolute Gasteiger partial charge is 0.378 e. The van der Waals surface area contributed by atoms with Crippen molar-refractivity contribution in [2.75, 3.05) is 5.32 Å². The number of aryl methyl sites for hydroxylation is 1. The summed E-state index contributed by atoms with van der Waals surface area (Å²) in [5.74, 6) is 0. The summed E-state index contributed by atoms with van der Waals surface area (Å²) in [6, 6.07) is 10.8. The molecule has 96 valence electrons. The summed E-state index contributed by atoms with van der Waals surface area (Å²) in [7, 11) is 0. The Labute approximate surface area is 118 Å². The second-order valence-corrected chi connectivity index (χ2v) is 6.00. The van der Waals surface area contributed by atoms with Gasteiger partial charge in [0, 0.05) is 11.7 Å². The van der Waals surface area contributed by atoms with E-state index in [0.717, 1.165) is 17.2 Å². The minimum absolute atomic E-state index is 0.284. The molecule has 0 aliphatic heterocycles. The summed E-state index contributed by atoms with van der Waals surface area (Å²) in [6.07, 6.45) is 2.28. The molecule has 2 rings (SSSR count). The molecular weight excluding hydrogens is 262 g/mol. The molecule has 0 radical (unpaired) electrons. The zero-order chi connectivity index (χ0) is 13.0. The Morgan fingerprint density at radius 3 is 2.78 bits per heavy atom. The van der Waals surface area contributed by atoms with E-state index in [0.29, 0.717) is 0 Å². The smallest absolute Gasteiger partial charge is 0.0931 e. The van der Waals surface area contributed by atoms with Gasteiger partial charge in [0.2, 0.25) is 0 Å². The molecule has 1 unspecified atom stereocenters. The third kappa shape index (κ3) is 3.27. The molecule has 1 nitrogen and oxygen atoms in total. The fourth-order valence-corrected chi connectivity index (χ4v) is 3.00. The van der Waals surface area contributed by atoms with Gasteiger partial charge in [-0.2, -0.15) is 0 Å². The second kappa shape index (κ2) is 6.26. The fourth-order valence-electron chi connectivity index (χ4n) is 2.02. The van der Waals surface area contributed by atoms with E-state index >= 15 is 0 Å². The maximum atomic E-state index is 5.98. The first kappa shape index (κ1) is 13.4. The van der Waals surface area contributed by atoms with Gasteiger partial charge in [-0.1, -0.05) is 43.1 Å². The lowest BCUT2D eigenvalue weighted by molar-refractivity contribution is 0.871. The monoisotopic (exact) mass is 279 g/mol. The van der Waals surface area contributed by atoms with Gasteiger partial charge in [-0.3, -0.25) is 0 Å². The molecule has 0 saturated carbocycles. The van der Waals surface area contributed by atoms with Crippen LogP contribution in [0.5, 0.6) is 0 Å². The number of hydrogen-bond acceptors (Lipinski definition) is 2. The Bertz CT molecular complexity index is 507. The first-order valence-corrected chi connectivity index (χ1v) is 7.55. The molecule has 18 heavy (non-hydrogen) atoms. The number of thiophene rings is 1. The summed E-state index contributed by atoms with van der Waals surface area (Å²) in [5, 5.41) is 5.69. The van der Waals surface area contributed by atoms with Crippen molar-refractivity contribution in [3.05, 3.63) is 51.2 Å². The maximum Gasteiger partial charge on any atom is 0.0931 e. The predicted molar refractivity (Wildman–Crippen MR) is 81.8 cm³/mol. The number of benzene rings is 1. The summed E-state index contributed by atoms with van der Waals surface area (Å²) < 4.78 is 0.848. The molecule has 1 N–H and O–H groups in total. The molecule has 1 atom stereocenters. The summed E-state index contributed by atoms with van der Waals surface area (Å²) in [4.78, 5) is 0. The molecule has 0 amide bonds. The van der Waals surface area contributed by atoms with E-state index in [4.69, 9.17) is 11.6 Å². The van der Waals surface area contributed by atoms with E-state index in [1.165, 1.54) is 16.8 Å². The average molecular weight is 280 g/mol. The summed E-state index contributed by atoms with van der Waals surface area (Å²) in [6.45, 7) is 4.37. The SMILES string of the molecule is CCCc1ccccc1NC(C)c1csc(Cl)c1. The minimum Gasteiger partial charge on any atom is -0.378 e. The second-order valence-electron chi connectivity index (χ2n) is 4.46. The Morgan fingerprint density at radius 2 is 2.11 bits per heavy atom. The lowest BCUT2D eigenvalue weighted by Gasteiger charge is -2.17. The molecule has 0 saturated heterocycles. The van der Waals surface area contributed by atoms with E-state index in [1.54, 1.807) is 11.3 Å². The molecule has 1 heterocycles. The van der Waals surface area contributed by atoms with Gasteiger partial charge in [0.1, 0.15) is 0 Å². The first-order chi connectivity index (χ1) is 8.70. The van der Waals surface area contributed by atoms with Gasteiger partial charge >= 0.3 is 0 Å². The van der Waals surface area contributed by atoms with Gasteiger partial charge in [-0.15, -0.1) is 11.3 Å². The van der Waals surface area contributed by atoms with Crippen molar-refractivity contribution in [3.63, 3.8) is 0 Å². The van der Waals surface area contributed by atoms with Gasteiger partial charge in [0.05, 0.1) is 4.34 Å². The number of hydrogen-bond donors (Lipinski definition) is 1. The van der Waals surface area contributed by atoms with Crippen molar-refractivity contribution in [1.29, 1.82) is 0 Å². The number of para-hydroxylation sites is 1. The van der Waals surface area contributed by atoms with Crippen molar-refractivity contribution in [3.8, 4) is 0 Å². The first-order valence-electron chi connectivity index (χ1n) is 6.29. The highest BCUT2D eigenvalue weighted by atomic mass is 35.5. The van der Waals surface area contributed by atoms with Crippen molar-refractivity contribution in [2.24, 2.45) is 0 Å². The Morgan fingerprint density at radius 1 is 1.33 bits per heavy atom. The van der Waals surface area contributed by atoms with E-state index in [2.05, 4.69) is 48.8 Å². The number of rotatable bonds is 5. The standard InChI is InChI=1S/C15H18ClNS/c1-3-6-12-7-4-5-8-14(12)17-11(2)13-9-15(16)18-10-13/h4-5,7-11,17H,3,6H2,1-2H3. The van der Waals surface area contributed by atoms with Gasteiger partial charge in [-0.25, -0.2) is 0 Å². The average Bonchev–Trinajstić information content (AvgIpc) is 2.79. The van der Waals surface area contributed by atoms with Gasteiger partial charge in [0.15, 0.2) is 0 Å². The van der Waals surface area contributed by atoms with Crippen LogP contribution in [0.2, 0.25) is 4.34 Å². The van der Waals surface area contributed by atoms with Crippen molar-refractivity contribution >= 4 is 28.6 Å². The third-order valence-corrected chi connectivity index (χ3v) is 4.11. The Kier molecular flexibility index (Phi) is 4.67. The van der Waals surface area contributed by atoms with Crippen molar-refractivity contribution < 1.29 is 0 Å². The lowest BCUT2D eigenvalue weighted by Crippen LogP contribution is -2.07. The van der Waals surface area contributed by atoms with Crippen LogP contribution in [0, 0.1) is 0 Å². The fraction of sp³-hybridized carbons (Fsp3) is 0.333. The highest BCUT2D eigenvalue weighted by molar-refractivity contribution is 7.14. The van der Waals surface area contributed by atoms with Crippen LogP contribution >= 0.6 is 22.9 Å². The van der Waals surface area contributed by atoms with Crippen molar-refractivity contribution in [1.82, 2.24) is 0 Å². The number of nitrogens with one attached hydrogen (secondary N) is 1. The van der Waals surface area contributed by atoms with E-state index in [-0.39, 0.29) is 6.04 Å². The van der Waals surface area contributed by atoms with Crippen LogP contribution in [-0.2, 0) is 6.42 Å². The molecule has 0 aliphatic rings. The quantitative estimate of drug-likeness (QED) is 0.759. The molecule has 3 heteroatoms. The van der Waals surface area contributed by atoms with Crippen LogP contribution in [0.15, 0.2) is 35.7 Å². The Hall–Kier alpha value is -0.990. The highest BCUT2D eigenvalue weighted by Crippen LogP contribution is 2.28. The van der Waals surface area contributed by atoms with Crippen LogP contribution in [0.4, 0.5) is 5.69 Å². The zero-order valence-electron chi connectivity index (χ0n) is 10.7. The van der Waals surface area contributed by atoms with Crippen molar-refractivity contribution in [2.45, 2.75) is 32.7 Å². The molecule has 0 fully saturated rings. The van der Waals surface area contributed by atoms with Gasteiger partial charge < -0.3 is 5.32 Å². The molecule has 1 aromatic carbocycles. The van der Waals surface area contributed by atoms with Crippen LogP contribution in [0.3, 0.4) is 0 Å². The highest BCUT2D eigenvalue weighted by Gasteiger charge is 2.09. The maximum absolute atomic E-state index is 5.98. The number of anilines is 1. The molecular formula is C15H18ClNS. The summed E-state index contributed by atoms with van der Waals surface area (Å²) >= 11 is 7.56. The molecule has 1 aromatic heterocycles. The predicted octanol–water partition coefficient (Wildman–Crippen LogP) is 5.53. The van der Waals surface area contributed by atoms with Gasteiger partial charge in [-0.05, 0) is 42.0 Å². The number of halogens is 1. The van der Waals surface area contributed by atoms with Crippen LogP contribution in [0.1, 0.15) is 37.4 Å². The molecule has 0 bridgehead atoms. The van der Waals surface area contributed by atoms with E-state index in [9.17, 15) is 0 Å². The zero-order valence-corrected chi connectivity index (χ0v) is 12.3. The summed E-state index contributed by atoms with van der Waals surface area (Å²) in [5.41, 5.74) is 3.86. The third-order valence-electron chi connectivity index (χ3n) is 3.00. The molecule has 0 spiro atoms. The van der Waals surface area contributed by atoms with Gasteiger partial charge in [0.25, 0.3) is 0 Å². The topological polar surface area (TPSA) is 12.0 Å². The molecule has 2 aromatic rings. The normalized spacial score (nSPS) is 12.4. The molecule has 0 aliphatic carbocycles. The van der Waals surface area contributed by atoms with E-state index < -0.39 is 0 Å². The van der Waals surface area contributed by atoms with Crippen LogP contribution in [-0.4, -0.2) is 0 Å². The van der Waals surface area contributed by atoms with Crippen LogP contribution < -0.4 is 5.32 Å². The van der Waals surface area contributed by atoms with E-state index in [1.807, 2.05) is 6.07 Å². The Balaban J connectivity index is 2.13. The minimum atomic E-state index is 0.284.